The zero-order chi connectivity index (χ0) is 14.2. The molecule has 1 aliphatic carbocycles. The number of hydrogen-bond acceptors (Lipinski definition) is 4. The van der Waals surface area contributed by atoms with Gasteiger partial charge in [-0.2, -0.15) is 0 Å². The van der Waals surface area contributed by atoms with E-state index in [1.807, 2.05) is 12.1 Å². The molecule has 0 saturated heterocycles. The van der Waals surface area contributed by atoms with E-state index in [9.17, 15) is 0 Å². The normalized spacial score (nSPS) is 16.2. The summed E-state index contributed by atoms with van der Waals surface area (Å²) in [5, 5.41) is 0. The Morgan fingerprint density at radius 1 is 1.15 bits per heavy atom. The minimum atomic E-state index is -0.0161. The van der Waals surface area contributed by atoms with E-state index in [-0.39, 0.29) is 5.41 Å². The van der Waals surface area contributed by atoms with E-state index in [1.165, 1.54) is 5.56 Å². The fourth-order valence-electron chi connectivity index (χ4n) is 2.57. The summed E-state index contributed by atoms with van der Waals surface area (Å²) in [5.74, 6) is 7.49. The van der Waals surface area contributed by atoms with E-state index >= 15 is 0 Å². The van der Waals surface area contributed by atoms with Gasteiger partial charge in [-0.05, 0) is 24.3 Å². The van der Waals surface area contributed by atoms with E-state index in [0.717, 1.165) is 24.4 Å². The molecule has 0 radical (unpaired) electrons. The van der Waals surface area contributed by atoms with Crippen LogP contribution in [0.25, 0.3) is 0 Å². The lowest BCUT2D eigenvalue weighted by molar-refractivity contribution is 0.717. The number of rotatable bonds is 4. The third kappa shape index (κ3) is 2.16. The highest BCUT2D eigenvalue weighted by molar-refractivity contribution is 5.43. The number of hydrogen-bond donors (Lipinski definition) is 2. The Labute approximate surface area is 119 Å². The lowest BCUT2D eigenvalue weighted by Crippen LogP contribution is -2.18. The quantitative estimate of drug-likeness (QED) is 0.661. The smallest absolute Gasteiger partial charge is 0.143 e. The van der Waals surface area contributed by atoms with Crippen LogP contribution in [0.4, 0.5) is 5.82 Å². The van der Waals surface area contributed by atoms with Crippen LogP contribution in [0, 0.1) is 0 Å². The van der Waals surface area contributed by atoms with Gasteiger partial charge in [0.15, 0.2) is 0 Å². The molecule has 0 spiro atoms. The highest BCUT2D eigenvalue weighted by atomic mass is 15.3. The summed E-state index contributed by atoms with van der Waals surface area (Å²) in [7, 11) is 0. The maximum absolute atomic E-state index is 5.55. The van der Waals surface area contributed by atoms with Gasteiger partial charge in [0.2, 0.25) is 0 Å². The van der Waals surface area contributed by atoms with Gasteiger partial charge in [-0.1, -0.05) is 44.2 Å². The number of hydrazine groups is 1. The summed E-state index contributed by atoms with van der Waals surface area (Å²) < 4.78 is 0. The SMILES string of the molecule is CC(C)c1cc(NN)nc(C2(c3ccccc3)CC2)n1. The summed E-state index contributed by atoms with van der Waals surface area (Å²) in [5.41, 5.74) is 4.97. The van der Waals surface area contributed by atoms with E-state index < -0.39 is 0 Å². The van der Waals surface area contributed by atoms with Gasteiger partial charge < -0.3 is 5.43 Å². The molecular formula is C16H20N4. The molecule has 1 fully saturated rings. The molecule has 1 saturated carbocycles. The van der Waals surface area contributed by atoms with Crippen molar-refractivity contribution in [2.45, 2.75) is 38.0 Å². The van der Waals surface area contributed by atoms with Crippen LogP contribution in [-0.2, 0) is 5.41 Å². The van der Waals surface area contributed by atoms with Crippen LogP contribution in [0.15, 0.2) is 36.4 Å². The number of nitrogens with one attached hydrogen (secondary N) is 1. The molecule has 4 heteroatoms. The van der Waals surface area contributed by atoms with Gasteiger partial charge in [0.25, 0.3) is 0 Å². The Kier molecular flexibility index (Phi) is 3.18. The summed E-state index contributed by atoms with van der Waals surface area (Å²) in [4.78, 5) is 9.38. The van der Waals surface area contributed by atoms with Crippen molar-refractivity contribution in [1.82, 2.24) is 9.97 Å². The van der Waals surface area contributed by atoms with Crippen LogP contribution in [0.2, 0.25) is 0 Å². The second-order valence-corrected chi connectivity index (χ2v) is 5.75. The van der Waals surface area contributed by atoms with Crippen molar-refractivity contribution in [3.05, 3.63) is 53.5 Å². The van der Waals surface area contributed by atoms with Gasteiger partial charge in [-0.15, -0.1) is 0 Å². The molecule has 20 heavy (non-hydrogen) atoms. The summed E-state index contributed by atoms with van der Waals surface area (Å²) >= 11 is 0. The molecule has 0 bridgehead atoms. The second-order valence-electron chi connectivity index (χ2n) is 5.75. The molecule has 104 valence electrons. The molecule has 0 unspecified atom stereocenters. The van der Waals surface area contributed by atoms with Gasteiger partial charge in [0.1, 0.15) is 11.6 Å². The average molecular weight is 268 g/mol. The topological polar surface area (TPSA) is 63.8 Å². The van der Waals surface area contributed by atoms with Crippen molar-refractivity contribution in [3.63, 3.8) is 0 Å². The van der Waals surface area contributed by atoms with E-state index in [1.54, 1.807) is 0 Å². The van der Waals surface area contributed by atoms with E-state index in [0.29, 0.717) is 11.7 Å². The fourth-order valence-corrected chi connectivity index (χ4v) is 2.57. The first-order chi connectivity index (χ1) is 9.65. The standard InChI is InChI=1S/C16H20N4/c1-11(2)13-10-14(20-17)19-15(18-13)16(8-9-16)12-6-4-3-5-7-12/h3-7,10-11H,8-9,17H2,1-2H3,(H,18,19,20). The Bertz CT molecular complexity index is 603. The monoisotopic (exact) mass is 268 g/mol. The third-order valence-electron chi connectivity index (χ3n) is 3.99. The predicted molar refractivity (Wildman–Crippen MR) is 80.4 cm³/mol. The first-order valence-corrected chi connectivity index (χ1v) is 7.07. The largest absolute Gasteiger partial charge is 0.308 e. The van der Waals surface area contributed by atoms with Crippen molar-refractivity contribution in [3.8, 4) is 0 Å². The van der Waals surface area contributed by atoms with Crippen molar-refractivity contribution in [2.75, 3.05) is 5.43 Å². The molecule has 1 heterocycles. The fraction of sp³-hybridized carbons (Fsp3) is 0.375. The second kappa shape index (κ2) is 4.87. The molecule has 3 rings (SSSR count). The van der Waals surface area contributed by atoms with E-state index in [2.05, 4.69) is 48.5 Å². The lowest BCUT2D eigenvalue weighted by Gasteiger charge is -2.17. The number of nitrogen functional groups attached to an aromatic ring is 1. The van der Waals surface area contributed by atoms with Gasteiger partial charge in [0.05, 0.1) is 5.41 Å². The molecule has 1 aromatic heterocycles. The average Bonchev–Trinajstić information content (AvgIpc) is 3.29. The summed E-state index contributed by atoms with van der Waals surface area (Å²) in [6.07, 6.45) is 2.20. The van der Waals surface area contributed by atoms with Gasteiger partial charge in [0, 0.05) is 11.8 Å². The molecular weight excluding hydrogens is 248 g/mol. The minimum absolute atomic E-state index is 0.0161. The van der Waals surface area contributed by atoms with Crippen LogP contribution >= 0.6 is 0 Å². The Balaban J connectivity index is 2.08. The molecule has 1 aliphatic rings. The van der Waals surface area contributed by atoms with Crippen molar-refractivity contribution in [1.29, 1.82) is 0 Å². The molecule has 0 atom stereocenters. The summed E-state index contributed by atoms with van der Waals surface area (Å²) in [6.45, 7) is 4.27. The maximum Gasteiger partial charge on any atom is 0.143 e. The highest BCUT2D eigenvalue weighted by Gasteiger charge is 2.48. The van der Waals surface area contributed by atoms with Crippen LogP contribution < -0.4 is 11.3 Å². The molecule has 4 nitrogen and oxygen atoms in total. The molecule has 2 aromatic rings. The number of anilines is 1. The molecule has 0 aliphatic heterocycles. The number of nitrogens with two attached hydrogens (primary N) is 1. The summed E-state index contributed by atoms with van der Waals surface area (Å²) in [6, 6.07) is 12.4. The Morgan fingerprint density at radius 2 is 1.85 bits per heavy atom. The van der Waals surface area contributed by atoms with Crippen LogP contribution in [0.3, 0.4) is 0 Å². The Hall–Kier alpha value is -1.94. The Morgan fingerprint density at radius 3 is 2.40 bits per heavy atom. The zero-order valence-electron chi connectivity index (χ0n) is 11.9. The van der Waals surface area contributed by atoms with Crippen LogP contribution in [0.1, 0.15) is 49.7 Å². The molecule has 0 amide bonds. The van der Waals surface area contributed by atoms with Crippen molar-refractivity contribution >= 4 is 5.82 Å². The minimum Gasteiger partial charge on any atom is -0.308 e. The number of benzene rings is 1. The lowest BCUT2D eigenvalue weighted by atomic mass is 9.94. The van der Waals surface area contributed by atoms with Crippen LogP contribution in [-0.4, -0.2) is 9.97 Å². The zero-order valence-corrected chi connectivity index (χ0v) is 11.9. The van der Waals surface area contributed by atoms with E-state index in [4.69, 9.17) is 10.8 Å². The van der Waals surface area contributed by atoms with Gasteiger partial charge in [-0.25, -0.2) is 15.8 Å². The predicted octanol–water partition coefficient (Wildman–Crippen LogP) is 2.97. The third-order valence-corrected chi connectivity index (χ3v) is 3.99. The number of aromatic nitrogens is 2. The maximum atomic E-state index is 5.55. The molecule has 3 N–H and O–H groups in total. The first kappa shape index (κ1) is 13.1. The van der Waals surface area contributed by atoms with Crippen molar-refractivity contribution in [2.24, 2.45) is 5.84 Å². The van der Waals surface area contributed by atoms with Crippen molar-refractivity contribution < 1.29 is 0 Å². The van der Waals surface area contributed by atoms with Crippen LogP contribution in [0.5, 0.6) is 0 Å². The molecule has 1 aromatic carbocycles. The first-order valence-electron chi connectivity index (χ1n) is 7.07. The highest BCUT2D eigenvalue weighted by Crippen LogP contribution is 2.52. The van der Waals surface area contributed by atoms with Gasteiger partial charge in [-0.3, -0.25) is 0 Å². The van der Waals surface area contributed by atoms with Gasteiger partial charge >= 0.3 is 0 Å². The number of nitrogens with zero attached hydrogens (tertiary/aromatic N) is 2.